The average Bonchev–Trinajstić information content (AvgIpc) is 2.98. The number of carbonyl (C=O) groups is 1. The number of nitrogens with one attached hydrogen (secondary N) is 1. The number of carbonyl (C=O) groups excluding carboxylic acids is 1. The van der Waals surface area contributed by atoms with Crippen molar-refractivity contribution in [1.82, 2.24) is 0 Å². The van der Waals surface area contributed by atoms with Crippen LogP contribution in [0.2, 0.25) is 0 Å². The summed E-state index contributed by atoms with van der Waals surface area (Å²) in [7, 11) is 0. The number of benzene rings is 1. The van der Waals surface area contributed by atoms with Gasteiger partial charge in [-0.1, -0.05) is 69.4 Å². The van der Waals surface area contributed by atoms with Crippen molar-refractivity contribution in [3.8, 4) is 0 Å². The number of nitrogens with zero attached hydrogens (tertiary/aromatic N) is 1. The van der Waals surface area contributed by atoms with Gasteiger partial charge in [-0.05, 0) is 23.0 Å². The van der Waals surface area contributed by atoms with Crippen LogP contribution in [0.3, 0.4) is 0 Å². The fourth-order valence-corrected chi connectivity index (χ4v) is 4.21. The van der Waals surface area contributed by atoms with Gasteiger partial charge in [0.1, 0.15) is 4.38 Å². The Hall–Kier alpha value is -0.940. The van der Waals surface area contributed by atoms with Crippen molar-refractivity contribution < 1.29 is 4.79 Å². The van der Waals surface area contributed by atoms with E-state index in [0.29, 0.717) is 17.6 Å². The number of thioether (sulfide) groups is 2. The van der Waals surface area contributed by atoms with E-state index in [4.69, 9.17) is 0 Å². The van der Waals surface area contributed by atoms with Gasteiger partial charge >= 0.3 is 0 Å². The van der Waals surface area contributed by atoms with E-state index in [-0.39, 0.29) is 5.91 Å². The second-order valence-corrected chi connectivity index (χ2v) is 8.26. The minimum atomic E-state index is 0.0511. The molecular weight excluding hydrogens is 312 g/mol. The van der Waals surface area contributed by atoms with E-state index in [0.717, 1.165) is 22.4 Å². The van der Waals surface area contributed by atoms with E-state index in [1.165, 1.54) is 11.1 Å². The highest BCUT2D eigenvalue weighted by atomic mass is 32.2. The summed E-state index contributed by atoms with van der Waals surface area (Å²) in [6.45, 7) is 9.52. The molecule has 1 aliphatic heterocycles. The van der Waals surface area contributed by atoms with Crippen molar-refractivity contribution in [1.29, 1.82) is 0 Å². The van der Waals surface area contributed by atoms with Gasteiger partial charge in [0.25, 0.3) is 0 Å². The normalized spacial score (nSPS) is 14.5. The molecule has 1 N–H and O–H groups in total. The van der Waals surface area contributed by atoms with E-state index < -0.39 is 0 Å². The molecule has 0 aliphatic carbocycles. The minimum Gasteiger partial charge on any atom is -0.325 e. The third-order valence-corrected chi connectivity index (χ3v) is 5.77. The average molecular weight is 337 g/mol. The molecule has 1 aliphatic rings. The number of aliphatic imine (C=N–C) groups is 1. The molecule has 5 heteroatoms. The number of para-hydroxylation sites is 1. The van der Waals surface area contributed by atoms with Crippen molar-refractivity contribution >= 4 is 39.5 Å². The van der Waals surface area contributed by atoms with Crippen LogP contribution in [0.1, 0.15) is 50.7 Å². The second-order valence-electron chi connectivity index (χ2n) is 5.95. The molecule has 0 saturated carbocycles. The first-order valence-corrected chi connectivity index (χ1v) is 9.69. The first-order valence-electron chi connectivity index (χ1n) is 7.71. The van der Waals surface area contributed by atoms with Crippen molar-refractivity contribution in [2.24, 2.45) is 4.99 Å². The van der Waals surface area contributed by atoms with Crippen molar-refractivity contribution in [3.05, 3.63) is 29.3 Å². The highest BCUT2D eigenvalue weighted by Gasteiger charge is 2.17. The van der Waals surface area contributed by atoms with Crippen LogP contribution in [0.4, 0.5) is 5.69 Å². The Bertz CT molecular complexity index is 542. The summed E-state index contributed by atoms with van der Waals surface area (Å²) >= 11 is 3.28. The third-order valence-electron chi connectivity index (χ3n) is 3.52. The maximum absolute atomic E-state index is 12.3. The number of anilines is 1. The molecule has 0 saturated heterocycles. The molecule has 0 aromatic heterocycles. The lowest BCUT2D eigenvalue weighted by atomic mass is 9.92. The van der Waals surface area contributed by atoms with Gasteiger partial charge < -0.3 is 5.32 Å². The Balaban J connectivity index is 2.11. The van der Waals surface area contributed by atoms with Crippen LogP contribution in [0.15, 0.2) is 23.2 Å². The fraction of sp³-hybridized carbons (Fsp3) is 0.529. The Morgan fingerprint density at radius 3 is 2.41 bits per heavy atom. The lowest BCUT2D eigenvalue weighted by Crippen LogP contribution is -2.18. The zero-order valence-electron chi connectivity index (χ0n) is 13.7. The predicted molar refractivity (Wildman–Crippen MR) is 100 cm³/mol. The predicted octanol–water partition coefficient (Wildman–Crippen LogP) is 4.71. The minimum absolute atomic E-state index is 0.0511. The largest absolute Gasteiger partial charge is 0.325 e. The molecule has 3 nitrogen and oxygen atoms in total. The molecule has 22 heavy (non-hydrogen) atoms. The fourth-order valence-electron chi connectivity index (χ4n) is 2.40. The SMILES string of the molecule is CC(C)c1cccc(C(C)C)c1NC(=O)CSC1=NCCS1. The van der Waals surface area contributed by atoms with E-state index in [1.54, 1.807) is 23.5 Å². The zero-order chi connectivity index (χ0) is 16.1. The van der Waals surface area contributed by atoms with Crippen molar-refractivity contribution in [2.45, 2.75) is 39.5 Å². The van der Waals surface area contributed by atoms with E-state index in [1.807, 2.05) is 0 Å². The first-order chi connectivity index (χ1) is 10.5. The highest BCUT2D eigenvalue weighted by Crippen LogP contribution is 2.32. The molecule has 1 heterocycles. The summed E-state index contributed by atoms with van der Waals surface area (Å²) in [5.41, 5.74) is 3.41. The van der Waals surface area contributed by atoms with Crippen LogP contribution >= 0.6 is 23.5 Å². The molecule has 0 unspecified atom stereocenters. The van der Waals surface area contributed by atoms with Crippen LogP contribution in [0.25, 0.3) is 0 Å². The molecule has 1 aromatic rings. The van der Waals surface area contributed by atoms with Gasteiger partial charge in [0.2, 0.25) is 5.91 Å². The maximum Gasteiger partial charge on any atom is 0.234 e. The van der Waals surface area contributed by atoms with E-state index >= 15 is 0 Å². The van der Waals surface area contributed by atoms with Crippen molar-refractivity contribution in [2.75, 3.05) is 23.4 Å². The Morgan fingerprint density at radius 1 is 1.27 bits per heavy atom. The topological polar surface area (TPSA) is 41.5 Å². The van der Waals surface area contributed by atoms with Gasteiger partial charge in [-0.15, -0.1) is 0 Å². The van der Waals surface area contributed by atoms with Gasteiger partial charge in [0.15, 0.2) is 0 Å². The van der Waals surface area contributed by atoms with Gasteiger partial charge in [-0.25, -0.2) is 0 Å². The first kappa shape index (κ1) is 17.4. The Morgan fingerprint density at radius 2 is 1.91 bits per heavy atom. The molecule has 120 valence electrons. The van der Waals surface area contributed by atoms with Gasteiger partial charge in [-0.3, -0.25) is 9.79 Å². The summed E-state index contributed by atoms with van der Waals surface area (Å²) in [4.78, 5) is 16.7. The molecule has 1 amide bonds. The number of hydrogen-bond donors (Lipinski definition) is 1. The monoisotopic (exact) mass is 336 g/mol. The summed E-state index contributed by atoms with van der Waals surface area (Å²) in [6, 6.07) is 6.30. The molecule has 0 fully saturated rings. The summed E-state index contributed by atoms with van der Waals surface area (Å²) in [5.74, 6) is 2.29. The number of hydrogen-bond acceptors (Lipinski definition) is 4. The molecule has 1 aromatic carbocycles. The smallest absolute Gasteiger partial charge is 0.234 e. The summed E-state index contributed by atoms with van der Waals surface area (Å²) in [6.07, 6.45) is 0. The van der Waals surface area contributed by atoms with Crippen LogP contribution < -0.4 is 5.32 Å². The van der Waals surface area contributed by atoms with E-state index in [9.17, 15) is 4.79 Å². The molecule has 0 bridgehead atoms. The molecule has 0 spiro atoms. The van der Waals surface area contributed by atoms with E-state index in [2.05, 4.69) is 56.2 Å². The summed E-state index contributed by atoms with van der Waals surface area (Å²) < 4.78 is 1.04. The maximum atomic E-state index is 12.3. The highest BCUT2D eigenvalue weighted by molar-refractivity contribution is 8.39. The molecule has 0 atom stereocenters. The quantitative estimate of drug-likeness (QED) is 0.847. The number of amides is 1. The van der Waals surface area contributed by atoms with Crippen LogP contribution in [-0.2, 0) is 4.79 Å². The molecule has 0 radical (unpaired) electrons. The van der Waals surface area contributed by atoms with Crippen LogP contribution in [0, 0.1) is 0 Å². The Labute approximate surface area is 141 Å². The second kappa shape index (κ2) is 8.06. The Kier molecular flexibility index (Phi) is 6.38. The zero-order valence-corrected chi connectivity index (χ0v) is 15.3. The molecular formula is C17H24N2OS2. The van der Waals surface area contributed by atoms with Crippen molar-refractivity contribution in [3.63, 3.8) is 0 Å². The standard InChI is InChI=1S/C17H24N2OS2/c1-11(2)13-6-5-7-14(12(3)4)16(13)19-15(20)10-22-17-18-8-9-21-17/h5-7,11-12H,8-10H2,1-4H3,(H,19,20). The third kappa shape index (κ3) is 4.53. The van der Waals surface area contributed by atoms with Gasteiger partial charge in [0.05, 0.1) is 12.3 Å². The lowest BCUT2D eigenvalue weighted by molar-refractivity contribution is -0.113. The summed E-state index contributed by atoms with van der Waals surface area (Å²) in [5, 5.41) is 3.14. The lowest BCUT2D eigenvalue weighted by Gasteiger charge is -2.20. The van der Waals surface area contributed by atoms with Crippen LogP contribution in [0.5, 0.6) is 0 Å². The van der Waals surface area contributed by atoms with Gasteiger partial charge in [0, 0.05) is 11.4 Å². The number of rotatable bonds is 5. The van der Waals surface area contributed by atoms with Gasteiger partial charge in [-0.2, -0.15) is 0 Å². The van der Waals surface area contributed by atoms with Crippen LogP contribution in [-0.4, -0.2) is 28.3 Å². The molecule has 2 rings (SSSR count).